The van der Waals surface area contributed by atoms with E-state index in [1.165, 1.54) is 30.4 Å². The fourth-order valence-electron chi connectivity index (χ4n) is 3.63. The Morgan fingerprint density at radius 2 is 1.94 bits per heavy atom. The second-order valence-electron chi connectivity index (χ2n) is 5.39. The largest absolute Gasteiger partial charge is 0.151 e. The molecule has 1 fully saturated rings. The molecule has 0 saturated heterocycles. The summed E-state index contributed by atoms with van der Waals surface area (Å²) in [6.07, 6.45) is 6.50. The van der Waals surface area contributed by atoms with E-state index >= 15 is 0 Å². The first-order valence-corrected chi connectivity index (χ1v) is 7.69. The van der Waals surface area contributed by atoms with Crippen LogP contribution in [0.25, 0.3) is 6.08 Å². The van der Waals surface area contributed by atoms with Crippen molar-refractivity contribution in [1.29, 1.82) is 0 Å². The van der Waals surface area contributed by atoms with Crippen LogP contribution in [0.4, 0.5) is 0 Å². The van der Waals surface area contributed by atoms with Crippen molar-refractivity contribution in [2.24, 2.45) is 5.92 Å². The highest BCUT2D eigenvalue weighted by Gasteiger charge is 2.35. The van der Waals surface area contributed by atoms with Gasteiger partial charge in [0.25, 0.3) is 0 Å². The van der Waals surface area contributed by atoms with Crippen LogP contribution in [0.2, 0.25) is 0 Å². The summed E-state index contributed by atoms with van der Waals surface area (Å²) in [6, 6.07) is 11.1. The maximum Gasteiger partial charge on any atom is 0.0169 e. The molecule has 1 aromatic heterocycles. The van der Waals surface area contributed by atoms with Crippen LogP contribution in [-0.4, -0.2) is 0 Å². The standard InChI is InChI=1S/C17H16S/c1-2-5-12(6-3-1)17-15-8-4-7-13(15)9-14-10-18-11-16(14)17/h1-3,5-6,9-11,15,17H,4,7-8H2. The third-order valence-electron chi connectivity index (χ3n) is 4.42. The van der Waals surface area contributed by atoms with Crippen LogP contribution in [0.3, 0.4) is 0 Å². The van der Waals surface area contributed by atoms with Gasteiger partial charge < -0.3 is 0 Å². The molecule has 4 rings (SSSR count). The van der Waals surface area contributed by atoms with E-state index in [-0.39, 0.29) is 0 Å². The molecule has 2 aliphatic carbocycles. The van der Waals surface area contributed by atoms with Crippen LogP contribution in [-0.2, 0) is 0 Å². The zero-order valence-electron chi connectivity index (χ0n) is 10.3. The molecule has 1 saturated carbocycles. The molecule has 18 heavy (non-hydrogen) atoms. The van der Waals surface area contributed by atoms with Crippen molar-refractivity contribution in [3.8, 4) is 0 Å². The van der Waals surface area contributed by atoms with Crippen LogP contribution in [0, 0.1) is 5.92 Å². The lowest BCUT2D eigenvalue weighted by molar-refractivity contribution is 0.549. The molecule has 0 bridgehead atoms. The van der Waals surface area contributed by atoms with E-state index < -0.39 is 0 Å². The van der Waals surface area contributed by atoms with Gasteiger partial charge in [0.2, 0.25) is 0 Å². The van der Waals surface area contributed by atoms with E-state index in [2.05, 4.69) is 47.2 Å². The Morgan fingerprint density at radius 3 is 2.83 bits per heavy atom. The van der Waals surface area contributed by atoms with Gasteiger partial charge >= 0.3 is 0 Å². The van der Waals surface area contributed by atoms with Crippen molar-refractivity contribution < 1.29 is 0 Å². The lowest BCUT2D eigenvalue weighted by atomic mass is 9.74. The molecule has 0 radical (unpaired) electrons. The summed E-state index contributed by atoms with van der Waals surface area (Å²) in [6.45, 7) is 0. The minimum Gasteiger partial charge on any atom is -0.151 e. The molecule has 0 amide bonds. The Hall–Kier alpha value is -1.34. The summed E-state index contributed by atoms with van der Waals surface area (Å²) < 4.78 is 0. The first-order valence-electron chi connectivity index (χ1n) is 6.75. The smallest absolute Gasteiger partial charge is 0.0169 e. The number of benzene rings is 1. The summed E-state index contributed by atoms with van der Waals surface area (Å²) in [5.74, 6) is 1.37. The third kappa shape index (κ3) is 1.50. The van der Waals surface area contributed by atoms with Crippen LogP contribution in [0.5, 0.6) is 0 Å². The van der Waals surface area contributed by atoms with Gasteiger partial charge in [-0.15, -0.1) is 0 Å². The first kappa shape index (κ1) is 10.6. The van der Waals surface area contributed by atoms with Gasteiger partial charge in [-0.1, -0.05) is 42.0 Å². The highest BCUT2D eigenvalue weighted by atomic mass is 32.1. The molecule has 0 aliphatic heterocycles. The van der Waals surface area contributed by atoms with Crippen LogP contribution >= 0.6 is 11.3 Å². The summed E-state index contributed by atoms with van der Waals surface area (Å²) >= 11 is 1.85. The van der Waals surface area contributed by atoms with Crippen molar-refractivity contribution in [2.75, 3.05) is 0 Å². The Balaban J connectivity index is 1.89. The summed E-state index contributed by atoms with van der Waals surface area (Å²) in [7, 11) is 0. The van der Waals surface area contributed by atoms with Crippen molar-refractivity contribution in [3.63, 3.8) is 0 Å². The van der Waals surface area contributed by atoms with E-state index in [0.29, 0.717) is 5.92 Å². The third-order valence-corrected chi connectivity index (χ3v) is 5.20. The van der Waals surface area contributed by atoms with Crippen molar-refractivity contribution in [2.45, 2.75) is 25.2 Å². The van der Waals surface area contributed by atoms with Crippen molar-refractivity contribution in [1.82, 2.24) is 0 Å². The van der Waals surface area contributed by atoms with Gasteiger partial charge in [-0.05, 0) is 52.6 Å². The van der Waals surface area contributed by atoms with E-state index in [0.717, 1.165) is 5.92 Å². The highest BCUT2D eigenvalue weighted by Crippen LogP contribution is 2.50. The molecular weight excluding hydrogens is 236 g/mol. The number of hydrogen-bond acceptors (Lipinski definition) is 1. The number of hydrogen-bond donors (Lipinski definition) is 0. The van der Waals surface area contributed by atoms with Gasteiger partial charge in [0.15, 0.2) is 0 Å². The summed E-state index contributed by atoms with van der Waals surface area (Å²) in [5, 5.41) is 4.67. The first-order chi connectivity index (χ1) is 8.93. The molecule has 1 heteroatoms. The monoisotopic (exact) mass is 252 g/mol. The average Bonchev–Trinajstić information content (AvgIpc) is 3.04. The summed E-state index contributed by atoms with van der Waals surface area (Å²) in [5.41, 5.74) is 6.22. The molecule has 90 valence electrons. The number of fused-ring (bicyclic) bond motifs is 2. The molecular formula is C17H16S. The van der Waals surface area contributed by atoms with Gasteiger partial charge in [0.1, 0.15) is 0 Å². The van der Waals surface area contributed by atoms with E-state index in [1.807, 2.05) is 11.3 Å². The molecule has 0 spiro atoms. The minimum atomic E-state index is 0.606. The van der Waals surface area contributed by atoms with E-state index in [9.17, 15) is 0 Å². The van der Waals surface area contributed by atoms with E-state index in [1.54, 1.807) is 11.1 Å². The quantitative estimate of drug-likeness (QED) is 0.664. The normalized spacial score (nSPS) is 25.4. The molecule has 2 aliphatic rings. The highest BCUT2D eigenvalue weighted by molar-refractivity contribution is 7.08. The zero-order chi connectivity index (χ0) is 11.9. The molecule has 2 aromatic rings. The predicted octanol–water partition coefficient (Wildman–Crippen LogP) is 5.08. The Morgan fingerprint density at radius 1 is 1.06 bits per heavy atom. The lowest BCUT2D eigenvalue weighted by Crippen LogP contribution is -2.16. The minimum absolute atomic E-state index is 0.606. The fourth-order valence-corrected chi connectivity index (χ4v) is 4.48. The van der Waals surface area contributed by atoms with Gasteiger partial charge in [-0.3, -0.25) is 0 Å². The predicted molar refractivity (Wildman–Crippen MR) is 77.9 cm³/mol. The lowest BCUT2D eigenvalue weighted by Gasteiger charge is -2.29. The second-order valence-corrected chi connectivity index (χ2v) is 6.13. The average molecular weight is 252 g/mol. The molecule has 2 atom stereocenters. The van der Waals surface area contributed by atoms with Crippen LogP contribution in [0.15, 0.2) is 46.7 Å². The van der Waals surface area contributed by atoms with Gasteiger partial charge in [0, 0.05) is 5.92 Å². The van der Waals surface area contributed by atoms with Crippen LogP contribution in [0.1, 0.15) is 41.9 Å². The van der Waals surface area contributed by atoms with Crippen LogP contribution < -0.4 is 0 Å². The Kier molecular flexibility index (Phi) is 2.41. The number of allylic oxidation sites excluding steroid dienone is 1. The molecule has 0 N–H and O–H groups in total. The summed E-state index contributed by atoms with van der Waals surface area (Å²) in [4.78, 5) is 0. The Labute approximate surface area is 112 Å². The number of rotatable bonds is 1. The molecule has 0 nitrogen and oxygen atoms in total. The fraction of sp³-hybridized carbons (Fsp3) is 0.294. The van der Waals surface area contributed by atoms with Crippen molar-refractivity contribution in [3.05, 3.63) is 63.4 Å². The van der Waals surface area contributed by atoms with Crippen molar-refractivity contribution >= 4 is 17.4 Å². The second kappa shape index (κ2) is 4.10. The van der Waals surface area contributed by atoms with Gasteiger partial charge in [0.05, 0.1) is 0 Å². The van der Waals surface area contributed by atoms with Gasteiger partial charge in [-0.25, -0.2) is 0 Å². The maximum atomic E-state index is 2.46. The Bertz CT molecular complexity index is 591. The van der Waals surface area contributed by atoms with E-state index in [4.69, 9.17) is 0 Å². The SMILES string of the molecule is C1=C2CCCC2C(c2ccccc2)c2cscc21. The molecule has 1 heterocycles. The maximum absolute atomic E-state index is 2.46. The topological polar surface area (TPSA) is 0 Å². The molecule has 1 aromatic carbocycles. The number of thiophene rings is 1. The zero-order valence-corrected chi connectivity index (χ0v) is 11.1. The van der Waals surface area contributed by atoms with Gasteiger partial charge in [-0.2, -0.15) is 11.3 Å². The molecule has 2 unspecified atom stereocenters.